The smallest absolute Gasteiger partial charge is 0.227 e. The average molecular weight is 505 g/mol. The number of hydrogen-bond acceptors (Lipinski definition) is 7. The lowest BCUT2D eigenvalue weighted by molar-refractivity contribution is -0.119. The number of anilines is 1. The van der Waals surface area contributed by atoms with Crippen LogP contribution >= 0.6 is 0 Å². The van der Waals surface area contributed by atoms with Gasteiger partial charge in [0.1, 0.15) is 17.5 Å². The largest absolute Gasteiger partial charge is 0.336 e. The SMILES string of the molecule is Cc1cn(-c2nccc3[nH]c(-c4[nH]nc5ncc(-c6cncc(NC(=O)C7CCCC7)c6)cc45)nc23)cn1. The number of carbonyl (C=O) groups is 1. The number of aryl methyl sites for hydroxylation is 1. The minimum Gasteiger partial charge on any atom is -0.336 e. The van der Waals surface area contributed by atoms with Crippen LogP contribution in [0.1, 0.15) is 31.4 Å². The van der Waals surface area contributed by atoms with Crippen LogP contribution in [0.2, 0.25) is 0 Å². The highest BCUT2D eigenvalue weighted by Gasteiger charge is 2.23. The maximum atomic E-state index is 12.6. The predicted molar refractivity (Wildman–Crippen MR) is 142 cm³/mol. The van der Waals surface area contributed by atoms with Crippen LogP contribution in [-0.2, 0) is 4.79 Å². The zero-order chi connectivity index (χ0) is 25.6. The third-order valence-electron chi connectivity index (χ3n) is 7.05. The highest BCUT2D eigenvalue weighted by atomic mass is 16.1. The first-order valence-corrected chi connectivity index (χ1v) is 12.6. The summed E-state index contributed by atoms with van der Waals surface area (Å²) >= 11 is 0. The molecule has 0 radical (unpaired) electrons. The minimum atomic E-state index is 0.0664. The monoisotopic (exact) mass is 504 g/mol. The van der Waals surface area contributed by atoms with Gasteiger partial charge < -0.3 is 10.3 Å². The van der Waals surface area contributed by atoms with E-state index in [1.54, 1.807) is 31.1 Å². The first kappa shape index (κ1) is 22.3. The normalized spacial score (nSPS) is 14.0. The fourth-order valence-corrected chi connectivity index (χ4v) is 5.10. The lowest BCUT2D eigenvalue weighted by Gasteiger charge is -2.11. The molecule has 0 atom stereocenters. The second-order valence-electron chi connectivity index (χ2n) is 9.67. The van der Waals surface area contributed by atoms with Crippen molar-refractivity contribution >= 4 is 33.7 Å². The van der Waals surface area contributed by atoms with Crippen LogP contribution in [0, 0.1) is 12.8 Å². The Morgan fingerprint density at radius 2 is 1.95 bits per heavy atom. The predicted octanol–water partition coefficient (Wildman–Crippen LogP) is 4.58. The van der Waals surface area contributed by atoms with E-state index in [-0.39, 0.29) is 11.8 Å². The minimum absolute atomic E-state index is 0.0664. The molecule has 6 heterocycles. The fourth-order valence-electron chi connectivity index (χ4n) is 5.10. The van der Waals surface area contributed by atoms with E-state index in [0.29, 0.717) is 23.0 Å². The molecule has 11 nitrogen and oxygen atoms in total. The Morgan fingerprint density at radius 1 is 1.08 bits per heavy atom. The highest BCUT2D eigenvalue weighted by Crippen LogP contribution is 2.31. The molecule has 1 aliphatic carbocycles. The lowest BCUT2D eigenvalue weighted by atomic mass is 10.1. The number of hydrogen-bond donors (Lipinski definition) is 3. The molecule has 1 saturated carbocycles. The van der Waals surface area contributed by atoms with Gasteiger partial charge in [-0.15, -0.1) is 0 Å². The molecule has 188 valence electrons. The molecule has 6 aromatic rings. The van der Waals surface area contributed by atoms with Gasteiger partial charge in [0.25, 0.3) is 0 Å². The summed E-state index contributed by atoms with van der Waals surface area (Å²) in [7, 11) is 0. The van der Waals surface area contributed by atoms with Crippen molar-refractivity contribution in [2.45, 2.75) is 32.6 Å². The molecule has 6 aromatic heterocycles. The van der Waals surface area contributed by atoms with E-state index >= 15 is 0 Å². The van der Waals surface area contributed by atoms with Crippen LogP contribution in [0.15, 0.2) is 55.5 Å². The Kier molecular flexibility index (Phi) is 5.20. The van der Waals surface area contributed by atoms with E-state index in [4.69, 9.17) is 4.98 Å². The number of nitrogens with one attached hydrogen (secondary N) is 3. The van der Waals surface area contributed by atoms with Gasteiger partial charge in [-0.3, -0.25) is 19.4 Å². The number of imidazole rings is 2. The summed E-state index contributed by atoms with van der Waals surface area (Å²) in [5.41, 5.74) is 6.15. The number of pyridine rings is 3. The van der Waals surface area contributed by atoms with E-state index < -0.39 is 0 Å². The third-order valence-corrected chi connectivity index (χ3v) is 7.05. The van der Waals surface area contributed by atoms with Crippen molar-refractivity contribution in [3.05, 3.63) is 61.2 Å². The molecule has 7 rings (SSSR count). The fraction of sp³-hybridized carbons (Fsp3) is 0.222. The summed E-state index contributed by atoms with van der Waals surface area (Å²) < 4.78 is 1.86. The first-order chi connectivity index (χ1) is 18.6. The van der Waals surface area contributed by atoms with E-state index in [9.17, 15) is 4.79 Å². The Morgan fingerprint density at radius 3 is 2.79 bits per heavy atom. The van der Waals surface area contributed by atoms with Crippen LogP contribution in [0.3, 0.4) is 0 Å². The molecule has 1 aliphatic rings. The molecular weight excluding hydrogens is 480 g/mol. The molecule has 3 N–H and O–H groups in total. The van der Waals surface area contributed by atoms with Crippen LogP contribution < -0.4 is 5.32 Å². The number of carbonyl (C=O) groups excluding carboxylic acids is 1. The summed E-state index contributed by atoms with van der Waals surface area (Å²) in [5.74, 6) is 1.47. The molecule has 0 unspecified atom stereocenters. The van der Waals surface area contributed by atoms with Gasteiger partial charge in [-0.1, -0.05) is 12.8 Å². The zero-order valence-electron chi connectivity index (χ0n) is 20.6. The molecule has 1 amide bonds. The van der Waals surface area contributed by atoms with Crippen molar-refractivity contribution in [3.8, 4) is 28.5 Å². The first-order valence-electron chi connectivity index (χ1n) is 12.6. The van der Waals surface area contributed by atoms with E-state index in [1.807, 2.05) is 35.9 Å². The number of rotatable bonds is 5. The number of amides is 1. The second kappa shape index (κ2) is 8.87. The van der Waals surface area contributed by atoms with E-state index in [2.05, 4.69) is 40.4 Å². The number of fused-ring (bicyclic) bond motifs is 2. The molecule has 11 heteroatoms. The summed E-state index contributed by atoms with van der Waals surface area (Å²) in [6.07, 6.45) is 14.7. The lowest BCUT2D eigenvalue weighted by Crippen LogP contribution is -2.20. The Hall–Kier alpha value is -4.93. The molecule has 0 saturated heterocycles. The molecular formula is C27H24N10O. The van der Waals surface area contributed by atoms with Gasteiger partial charge in [-0.25, -0.2) is 19.9 Å². The zero-order valence-corrected chi connectivity index (χ0v) is 20.6. The van der Waals surface area contributed by atoms with Gasteiger partial charge in [-0.05, 0) is 38.0 Å². The Labute approximate surface area is 216 Å². The van der Waals surface area contributed by atoms with Crippen molar-refractivity contribution < 1.29 is 4.79 Å². The number of aromatic nitrogens is 9. The maximum Gasteiger partial charge on any atom is 0.227 e. The number of aromatic amines is 2. The Bertz CT molecular complexity index is 1810. The highest BCUT2D eigenvalue weighted by molar-refractivity contribution is 5.95. The third kappa shape index (κ3) is 3.88. The van der Waals surface area contributed by atoms with Gasteiger partial charge in [0, 0.05) is 41.8 Å². The van der Waals surface area contributed by atoms with E-state index in [1.165, 1.54) is 0 Å². The average Bonchev–Trinajstić information content (AvgIpc) is 3.74. The molecule has 38 heavy (non-hydrogen) atoms. The van der Waals surface area contributed by atoms with Crippen LogP contribution in [0.4, 0.5) is 5.69 Å². The molecule has 0 aliphatic heterocycles. The van der Waals surface area contributed by atoms with Crippen LogP contribution in [-0.4, -0.2) is 50.6 Å². The van der Waals surface area contributed by atoms with Crippen molar-refractivity contribution in [1.29, 1.82) is 0 Å². The summed E-state index contributed by atoms with van der Waals surface area (Å²) in [4.78, 5) is 38.6. The molecule has 0 bridgehead atoms. The van der Waals surface area contributed by atoms with Crippen LogP contribution in [0.5, 0.6) is 0 Å². The number of nitrogens with zero attached hydrogens (tertiary/aromatic N) is 7. The summed E-state index contributed by atoms with van der Waals surface area (Å²) in [6, 6.07) is 5.82. The Balaban J connectivity index is 1.24. The quantitative estimate of drug-likeness (QED) is 0.312. The van der Waals surface area contributed by atoms with Gasteiger partial charge in [0.15, 0.2) is 17.3 Å². The van der Waals surface area contributed by atoms with Gasteiger partial charge in [-0.2, -0.15) is 5.10 Å². The number of H-pyrrole nitrogens is 2. The van der Waals surface area contributed by atoms with Gasteiger partial charge in [0.05, 0.1) is 28.5 Å². The second-order valence-corrected chi connectivity index (χ2v) is 9.67. The summed E-state index contributed by atoms with van der Waals surface area (Å²) in [5, 5.41) is 11.3. The molecule has 0 aromatic carbocycles. The van der Waals surface area contributed by atoms with Gasteiger partial charge in [0.2, 0.25) is 5.91 Å². The summed E-state index contributed by atoms with van der Waals surface area (Å²) in [6.45, 7) is 1.93. The topological polar surface area (TPSA) is 143 Å². The van der Waals surface area contributed by atoms with Crippen molar-refractivity contribution in [2.24, 2.45) is 5.92 Å². The van der Waals surface area contributed by atoms with Crippen LogP contribution in [0.25, 0.3) is 50.5 Å². The molecule has 1 fully saturated rings. The van der Waals surface area contributed by atoms with Crippen molar-refractivity contribution in [2.75, 3.05) is 5.32 Å². The standard InChI is InChI=1S/C27H24N10O/c1-15-13-37(14-31-15)26-23-21(6-7-29-26)33-25(34-23)22-20-9-18(11-30-24(20)36-35-22)17-8-19(12-28-10-17)32-27(38)16-4-2-3-5-16/h6-14,16H,2-5H2,1H3,(H,32,38)(H,33,34)(H,30,35,36). The van der Waals surface area contributed by atoms with Gasteiger partial charge >= 0.3 is 0 Å². The van der Waals surface area contributed by atoms with Crippen molar-refractivity contribution in [3.63, 3.8) is 0 Å². The maximum absolute atomic E-state index is 12.6. The van der Waals surface area contributed by atoms with E-state index in [0.717, 1.165) is 64.6 Å². The molecule has 0 spiro atoms. The van der Waals surface area contributed by atoms with Crippen molar-refractivity contribution in [1.82, 2.24) is 44.7 Å².